The Hall–Kier alpha value is -1.03. The highest BCUT2D eigenvalue weighted by Gasteiger charge is 2.26. The second kappa shape index (κ2) is 7.53. The third-order valence-corrected chi connectivity index (χ3v) is 4.02. The minimum Gasteiger partial charge on any atom is -0.478 e. The quantitative estimate of drug-likeness (QED) is 0.780. The molecule has 0 aliphatic heterocycles. The van der Waals surface area contributed by atoms with Gasteiger partial charge in [0.05, 0.1) is 6.61 Å². The van der Waals surface area contributed by atoms with Crippen LogP contribution in [0.15, 0.2) is 12.3 Å². The van der Waals surface area contributed by atoms with Crippen LogP contribution in [0.2, 0.25) is 0 Å². The Kier molecular flexibility index (Phi) is 5.70. The number of nitrogens with one attached hydrogen (secondary N) is 1. The summed E-state index contributed by atoms with van der Waals surface area (Å²) in [6.45, 7) is 3.66. The molecule has 0 bridgehead atoms. The second-order valence-electron chi connectivity index (χ2n) is 5.05. The Labute approximate surface area is 119 Å². The fraction of sp³-hybridized carbons (Fsp3) is 0.714. The summed E-state index contributed by atoms with van der Waals surface area (Å²) in [5.41, 5.74) is 0. The van der Waals surface area contributed by atoms with Crippen LogP contribution in [0.5, 0.6) is 5.88 Å². The molecule has 0 aromatic carbocycles. The molecule has 0 amide bonds. The van der Waals surface area contributed by atoms with Crippen molar-refractivity contribution >= 4 is 17.5 Å². The monoisotopic (exact) mass is 283 g/mol. The number of nitrogens with zero attached hydrogens (tertiary/aromatic N) is 2. The molecule has 1 saturated carbocycles. The fourth-order valence-electron chi connectivity index (χ4n) is 2.52. The molecular weight excluding hydrogens is 262 g/mol. The summed E-state index contributed by atoms with van der Waals surface area (Å²) in [6, 6.07) is 1.79. The maximum absolute atomic E-state index is 5.99. The Balaban J connectivity index is 1.85. The highest BCUT2D eigenvalue weighted by Crippen LogP contribution is 2.32. The molecule has 4 nitrogen and oxygen atoms in total. The predicted molar refractivity (Wildman–Crippen MR) is 77.9 cm³/mol. The van der Waals surface area contributed by atoms with Gasteiger partial charge in [-0.15, -0.1) is 11.6 Å². The van der Waals surface area contributed by atoms with Crippen molar-refractivity contribution in [2.45, 2.75) is 32.6 Å². The summed E-state index contributed by atoms with van der Waals surface area (Å²) in [6.07, 6.45) is 6.48. The van der Waals surface area contributed by atoms with Crippen LogP contribution in [0.1, 0.15) is 32.6 Å². The van der Waals surface area contributed by atoms with E-state index in [1.807, 2.05) is 0 Å². The van der Waals surface area contributed by atoms with Gasteiger partial charge in [0.25, 0.3) is 0 Å². The molecule has 1 aliphatic carbocycles. The highest BCUT2D eigenvalue weighted by atomic mass is 35.5. The Morgan fingerprint density at radius 1 is 1.42 bits per heavy atom. The first kappa shape index (κ1) is 14.4. The Morgan fingerprint density at radius 3 is 3.05 bits per heavy atom. The van der Waals surface area contributed by atoms with Crippen molar-refractivity contribution in [2.75, 3.05) is 24.3 Å². The summed E-state index contributed by atoms with van der Waals surface area (Å²) in [7, 11) is 0. The van der Waals surface area contributed by atoms with Crippen LogP contribution in [-0.4, -0.2) is 29.0 Å². The lowest BCUT2D eigenvalue weighted by Gasteiger charge is -2.17. The molecule has 5 heteroatoms. The third-order valence-electron chi connectivity index (χ3n) is 3.62. The first-order chi connectivity index (χ1) is 9.33. The lowest BCUT2D eigenvalue weighted by atomic mass is 9.98. The number of hydrogen-bond donors (Lipinski definition) is 1. The maximum Gasteiger partial charge on any atom is 0.225 e. The lowest BCUT2D eigenvalue weighted by molar-refractivity contribution is 0.305. The molecule has 1 aromatic heterocycles. The number of rotatable bonds is 7. The maximum atomic E-state index is 5.99. The second-order valence-corrected chi connectivity index (χ2v) is 5.36. The SMILES string of the molecule is CCCOc1ccnc(NCC2CCCC2CCl)n1. The van der Waals surface area contributed by atoms with Gasteiger partial charge in [0.15, 0.2) is 0 Å². The molecule has 2 unspecified atom stereocenters. The zero-order chi connectivity index (χ0) is 13.5. The van der Waals surface area contributed by atoms with Gasteiger partial charge in [-0.3, -0.25) is 0 Å². The molecule has 1 aliphatic rings. The third kappa shape index (κ3) is 4.23. The highest BCUT2D eigenvalue weighted by molar-refractivity contribution is 6.18. The minimum atomic E-state index is 0.633. The van der Waals surface area contributed by atoms with Crippen molar-refractivity contribution in [3.05, 3.63) is 12.3 Å². The molecule has 0 spiro atoms. The summed E-state index contributed by atoms with van der Waals surface area (Å²) in [5.74, 6) is 3.32. The number of hydrogen-bond acceptors (Lipinski definition) is 4. The average Bonchev–Trinajstić information content (AvgIpc) is 2.91. The molecule has 1 N–H and O–H groups in total. The Morgan fingerprint density at radius 2 is 2.26 bits per heavy atom. The number of ether oxygens (including phenoxy) is 1. The van der Waals surface area contributed by atoms with E-state index in [0.717, 1.165) is 18.8 Å². The van der Waals surface area contributed by atoms with Gasteiger partial charge >= 0.3 is 0 Å². The number of halogens is 1. The van der Waals surface area contributed by atoms with E-state index in [1.54, 1.807) is 12.3 Å². The van der Waals surface area contributed by atoms with Gasteiger partial charge in [-0.2, -0.15) is 4.98 Å². The van der Waals surface area contributed by atoms with Crippen LogP contribution in [0, 0.1) is 11.8 Å². The normalized spacial score (nSPS) is 22.4. The average molecular weight is 284 g/mol. The molecule has 19 heavy (non-hydrogen) atoms. The van der Waals surface area contributed by atoms with Gasteiger partial charge in [-0.1, -0.05) is 13.3 Å². The molecule has 0 radical (unpaired) electrons. The first-order valence-corrected chi connectivity index (χ1v) is 7.62. The molecule has 2 atom stereocenters. The summed E-state index contributed by atoms with van der Waals surface area (Å²) < 4.78 is 5.50. The number of anilines is 1. The molecule has 2 rings (SSSR count). The predicted octanol–water partition coefficient (Wildman–Crippen LogP) is 3.33. The Bertz CT molecular complexity index is 389. The van der Waals surface area contributed by atoms with Crippen molar-refractivity contribution < 1.29 is 4.74 Å². The van der Waals surface area contributed by atoms with Crippen LogP contribution in [-0.2, 0) is 0 Å². The van der Waals surface area contributed by atoms with E-state index in [4.69, 9.17) is 16.3 Å². The molecular formula is C14H22ClN3O. The van der Waals surface area contributed by atoms with Gasteiger partial charge in [-0.25, -0.2) is 4.98 Å². The molecule has 0 saturated heterocycles. The molecule has 106 valence electrons. The van der Waals surface area contributed by atoms with Gasteiger partial charge in [0.2, 0.25) is 11.8 Å². The summed E-state index contributed by atoms with van der Waals surface area (Å²) in [4.78, 5) is 8.57. The van der Waals surface area contributed by atoms with E-state index in [9.17, 15) is 0 Å². The van der Waals surface area contributed by atoms with Crippen molar-refractivity contribution in [1.82, 2.24) is 9.97 Å². The van der Waals surface area contributed by atoms with E-state index < -0.39 is 0 Å². The standard InChI is InChI=1S/C14H22ClN3O/c1-2-8-19-13-6-7-16-14(18-13)17-10-12-5-3-4-11(12)9-15/h6-7,11-12H,2-5,8-10H2,1H3,(H,16,17,18). The summed E-state index contributed by atoms with van der Waals surface area (Å²) in [5, 5.41) is 3.31. The lowest BCUT2D eigenvalue weighted by Crippen LogP contribution is -2.20. The minimum absolute atomic E-state index is 0.633. The zero-order valence-corrected chi connectivity index (χ0v) is 12.2. The van der Waals surface area contributed by atoms with Crippen molar-refractivity contribution in [3.8, 4) is 5.88 Å². The van der Waals surface area contributed by atoms with Crippen LogP contribution >= 0.6 is 11.6 Å². The van der Waals surface area contributed by atoms with Crippen molar-refractivity contribution in [3.63, 3.8) is 0 Å². The first-order valence-electron chi connectivity index (χ1n) is 7.09. The summed E-state index contributed by atoms with van der Waals surface area (Å²) >= 11 is 5.99. The van der Waals surface area contributed by atoms with Crippen LogP contribution < -0.4 is 10.1 Å². The smallest absolute Gasteiger partial charge is 0.225 e. The van der Waals surface area contributed by atoms with E-state index in [-0.39, 0.29) is 0 Å². The van der Waals surface area contributed by atoms with Gasteiger partial charge < -0.3 is 10.1 Å². The van der Waals surface area contributed by atoms with Gasteiger partial charge in [0.1, 0.15) is 0 Å². The topological polar surface area (TPSA) is 47.0 Å². The number of alkyl halides is 1. The molecule has 1 aromatic rings. The van der Waals surface area contributed by atoms with Crippen molar-refractivity contribution in [2.24, 2.45) is 11.8 Å². The molecule has 1 heterocycles. The van der Waals surface area contributed by atoms with Crippen LogP contribution in [0.3, 0.4) is 0 Å². The van der Waals surface area contributed by atoms with E-state index >= 15 is 0 Å². The van der Waals surface area contributed by atoms with E-state index in [0.29, 0.717) is 30.3 Å². The van der Waals surface area contributed by atoms with Crippen LogP contribution in [0.4, 0.5) is 5.95 Å². The van der Waals surface area contributed by atoms with Crippen LogP contribution in [0.25, 0.3) is 0 Å². The fourth-order valence-corrected chi connectivity index (χ4v) is 2.93. The van der Waals surface area contributed by atoms with Gasteiger partial charge in [0, 0.05) is 24.7 Å². The molecule has 1 fully saturated rings. The van der Waals surface area contributed by atoms with Crippen molar-refractivity contribution in [1.29, 1.82) is 0 Å². The largest absolute Gasteiger partial charge is 0.478 e. The number of aromatic nitrogens is 2. The zero-order valence-electron chi connectivity index (χ0n) is 11.4. The van der Waals surface area contributed by atoms with E-state index in [1.165, 1.54) is 19.3 Å². The van der Waals surface area contributed by atoms with E-state index in [2.05, 4.69) is 22.2 Å². The van der Waals surface area contributed by atoms with Gasteiger partial charge in [-0.05, 0) is 31.1 Å².